The van der Waals surface area contributed by atoms with Gasteiger partial charge in [-0.1, -0.05) is 0 Å². The molecule has 0 unspecified atom stereocenters. The summed E-state index contributed by atoms with van der Waals surface area (Å²) >= 11 is 0. The Balaban J connectivity index is 2.39. The lowest BCUT2D eigenvalue weighted by Crippen LogP contribution is -1.95. The topological polar surface area (TPSA) is 87.2 Å². The van der Waals surface area contributed by atoms with Crippen LogP contribution in [-0.2, 0) is 6.42 Å². The second-order valence-corrected chi connectivity index (χ2v) is 1.98. The maximum absolute atomic E-state index is 6.57. The van der Waals surface area contributed by atoms with Crippen LogP contribution < -0.4 is 0 Å². The Morgan fingerprint density at radius 3 is 2.77 bits per heavy atom. The summed E-state index contributed by atoms with van der Waals surface area (Å²) in [7, 11) is 0. The molecule has 0 saturated heterocycles. The van der Waals surface area contributed by atoms with Crippen molar-refractivity contribution in [2.45, 2.75) is 6.42 Å². The first kappa shape index (κ1) is 9.11. The predicted molar refractivity (Wildman–Crippen MR) is 49.3 cm³/mol. The van der Waals surface area contributed by atoms with Gasteiger partial charge in [0, 0.05) is 12.6 Å². The van der Waals surface area contributed by atoms with Crippen molar-refractivity contribution in [3.8, 4) is 0 Å². The Hall–Kier alpha value is -1.98. The largest absolute Gasteiger partial charge is 0.289 e. The molecule has 1 aromatic heterocycles. The van der Waals surface area contributed by atoms with Crippen LogP contribution in [0.4, 0.5) is 0 Å². The van der Waals surface area contributed by atoms with E-state index >= 15 is 0 Å². The molecular weight excluding hydrogens is 168 g/mol. The van der Waals surface area contributed by atoms with Gasteiger partial charge < -0.3 is 0 Å². The van der Waals surface area contributed by atoms with Crippen LogP contribution in [-0.4, -0.2) is 33.8 Å². The zero-order valence-corrected chi connectivity index (χ0v) is 6.83. The summed E-state index contributed by atoms with van der Waals surface area (Å²) in [5.74, 6) is 0.655. The summed E-state index contributed by atoms with van der Waals surface area (Å²) < 4.78 is 0. The number of nitrogens with one attached hydrogen (secondary N) is 1. The molecule has 1 N–H and O–H groups in total. The van der Waals surface area contributed by atoms with Gasteiger partial charge >= 0.3 is 0 Å². The van der Waals surface area contributed by atoms with Crippen molar-refractivity contribution in [2.24, 2.45) is 9.98 Å². The highest BCUT2D eigenvalue weighted by Crippen LogP contribution is 1.83. The Morgan fingerprint density at radius 2 is 2.08 bits per heavy atom. The molecule has 0 spiro atoms. The van der Waals surface area contributed by atoms with E-state index in [4.69, 9.17) is 5.41 Å². The van der Waals surface area contributed by atoms with Crippen LogP contribution in [0.5, 0.6) is 0 Å². The Kier molecular flexibility index (Phi) is 3.95. The lowest BCUT2D eigenvalue weighted by molar-refractivity contribution is 0.951. The standard InChI is InChI=1S/C7H8N6/c8-3-10-4-9-2-1-7-12-5-11-6-13-7/h2-6,8H,1H2. The molecule has 1 aromatic rings. The molecule has 0 radical (unpaired) electrons. The van der Waals surface area contributed by atoms with Gasteiger partial charge in [-0.2, -0.15) is 0 Å². The lowest BCUT2D eigenvalue weighted by Gasteiger charge is -1.89. The minimum Gasteiger partial charge on any atom is -0.289 e. The van der Waals surface area contributed by atoms with E-state index in [2.05, 4.69) is 24.9 Å². The van der Waals surface area contributed by atoms with Gasteiger partial charge in [-0.05, 0) is 0 Å². The molecule has 0 aliphatic carbocycles. The predicted octanol–water partition coefficient (Wildman–Crippen LogP) is 0.120. The summed E-state index contributed by atoms with van der Waals surface area (Å²) in [5, 5.41) is 6.57. The van der Waals surface area contributed by atoms with Crippen LogP contribution in [0.3, 0.4) is 0 Å². The van der Waals surface area contributed by atoms with Crippen molar-refractivity contribution in [3.05, 3.63) is 18.5 Å². The van der Waals surface area contributed by atoms with Crippen molar-refractivity contribution in [1.29, 1.82) is 5.41 Å². The van der Waals surface area contributed by atoms with E-state index in [1.165, 1.54) is 19.0 Å². The molecule has 66 valence electrons. The molecule has 0 atom stereocenters. The molecule has 1 rings (SSSR count). The van der Waals surface area contributed by atoms with E-state index in [1.807, 2.05) is 0 Å². The van der Waals surface area contributed by atoms with E-state index in [9.17, 15) is 0 Å². The van der Waals surface area contributed by atoms with Gasteiger partial charge in [-0.25, -0.2) is 24.9 Å². The second-order valence-electron chi connectivity index (χ2n) is 1.98. The van der Waals surface area contributed by atoms with Crippen molar-refractivity contribution >= 4 is 18.9 Å². The van der Waals surface area contributed by atoms with E-state index in [-0.39, 0.29) is 0 Å². The van der Waals surface area contributed by atoms with Crippen LogP contribution in [0.15, 0.2) is 22.6 Å². The Morgan fingerprint density at radius 1 is 1.31 bits per heavy atom. The number of hydrogen-bond donors (Lipinski definition) is 1. The van der Waals surface area contributed by atoms with Gasteiger partial charge in [0.05, 0.1) is 0 Å². The molecule has 6 heteroatoms. The molecule has 1 heterocycles. The van der Waals surface area contributed by atoms with E-state index < -0.39 is 0 Å². The molecule has 0 fully saturated rings. The molecule has 0 saturated carbocycles. The quantitative estimate of drug-likeness (QED) is 0.522. The van der Waals surface area contributed by atoms with Gasteiger partial charge in [0.15, 0.2) is 0 Å². The highest BCUT2D eigenvalue weighted by atomic mass is 15.0. The summed E-state index contributed by atoms with van der Waals surface area (Å²) in [6.45, 7) is 0. The van der Waals surface area contributed by atoms with E-state index in [1.54, 1.807) is 6.21 Å². The smallest absolute Gasteiger partial charge is 0.137 e. The van der Waals surface area contributed by atoms with Crippen LogP contribution in [0.1, 0.15) is 5.82 Å². The Bertz CT molecular complexity index is 304. The third-order valence-electron chi connectivity index (χ3n) is 1.13. The van der Waals surface area contributed by atoms with Crippen LogP contribution in [0.2, 0.25) is 0 Å². The molecule has 13 heavy (non-hydrogen) atoms. The number of rotatable bonds is 4. The first-order valence-corrected chi connectivity index (χ1v) is 3.56. The molecule has 0 aliphatic rings. The SMILES string of the molecule is N=CN=CN=CCc1ncncn1. The second kappa shape index (κ2) is 5.64. The lowest BCUT2D eigenvalue weighted by atomic mass is 10.4. The molecule has 0 aliphatic heterocycles. The minimum absolute atomic E-state index is 0.534. The first-order valence-electron chi connectivity index (χ1n) is 3.56. The summed E-state index contributed by atoms with van der Waals surface area (Å²) in [6, 6.07) is 0. The molecule has 0 aromatic carbocycles. The van der Waals surface area contributed by atoms with E-state index in [0.29, 0.717) is 12.2 Å². The number of aromatic nitrogens is 3. The fraction of sp³-hybridized carbons (Fsp3) is 0.143. The minimum atomic E-state index is 0.534. The summed E-state index contributed by atoms with van der Waals surface area (Å²) in [6.07, 6.45) is 7.22. The molecule has 0 amide bonds. The average molecular weight is 176 g/mol. The Labute approximate surface area is 75.0 Å². The third kappa shape index (κ3) is 3.80. The first-order chi connectivity index (χ1) is 6.43. The van der Waals surface area contributed by atoms with E-state index in [0.717, 1.165) is 6.34 Å². The van der Waals surface area contributed by atoms with Gasteiger partial charge in [-0.3, -0.25) is 5.41 Å². The van der Waals surface area contributed by atoms with Crippen molar-refractivity contribution < 1.29 is 0 Å². The molecule has 6 nitrogen and oxygen atoms in total. The highest BCUT2D eigenvalue weighted by Gasteiger charge is 1.88. The maximum atomic E-state index is 6.57. The highest BCUT2D eigenvalue weighted by molar-refractivity contribution is 5.77. The van der Waals surface area contributed by atoms with Gasteiger partial charge in [-0.15, -0.1) is 0 Å². The monoisotopic (exact) mass is 176 g/mol. The van der Waals surface area contributed by atoms with Crippen LogP contribution in [0.25, 0.3) is 0 Å². The number of nitrogens with zero attached hydrogens (tertiary/aromatic N) is 5. The van der Waals surface area contributed by atoms with Crippen molar-refractivity contribution in [2.75, 3.05) is 0 Å². The zero-order chi connectivity index (χ0) is 9.36. The molecule has 0 bridgehead atoms. The fourth-order valence-electron chi connectivity index (χ4n) is 0.622. The van der Waals surface area contributed by atoms with Gasteiger partial charge in [0.1, 0.15) is 31.2 Å². The average Bonchev–Trinajstić information content (AvgIpc) is 2.19. The normalized spacial score (nSPS) is 11.1. The number of aliphatic imine (C=N–C) groups is 2. The third-order valence-corrected chi connectivity index (χ3v) is 1.13. The van der Waals surface area contributed by atoms with Gasteiger partial charge in [0.25, 0.3) is 0 Å². The van der Waals surface area contributed by atoms with Crippen molar-refractivity contribution in [3.63, 3.8) is 0 Å². The van der Waals surface area contributed by atoms with Gasteiger partial charge in [0.2, 0.25) is 0 Å². The number of hydrogen-bond acceptors (Lipinski definition) is 4. The van der Waals surface area contributed by atoms with Crippen LogP contribution in [0, 0.1) is 5.41 Å². The fourth-order valence-corrected chi connectivity index (χ4v) is 0.622. The van der Waals surface area contributed by atoms with Crippen molar-refractivity contribution in [1.82, 2.24) is 15.0 Å². The summed E-state index contributed by atoms with van der Waals surface area (Å²) in [5.41, 5.74) is 0. The summed E-state index contributed by atoms with van der Waals surface area (Å²) in [4.78, 5) is 18.7. The zero-order valence-electron chi connectivity index (χ0n) is 6.83. The molecular formula is C7H8N6. The van der Waals surface area contributed by atoms with Crippen LogP contribution >= 0.6 is 0 Å². The maximum Gasteiger partial charge on any atom is 0.137 e.